The summed E-state index contributed by atoms with van der Waals surface area (Å²) >= 11 is 8.43. The van der Waals surface area contributed by atoms with Crippen molar-refractivity contribution in [3.8, 4) is 0 Å². The second kappa shape index (κ2) is 6.21. The molecule has 0 fully saturated rings. The van der Waals surface area contributed by atoms with Crippen molar-refractivity contribution in [2.45, 2.75) is 13.8 Å². The van der Waals surface area contributed by atoms with Crippen molar-refractivity contribution in [1.82, 2.24) is 0 Å². The summed E-state index contributed by atoms with van der Waals surface area (Å²) in [5, 5.41) is -0.438. The summed E-state index contributed by atoms with van der Waals surface area (Å²) in [4.78, 5) is 10.6. The number of hydrogen-bond donors (Lipinski definition) is 0. The highest BCUT2D eigenvalue weighted by molar-refractivity contribution is 9.10. The Labute approximate surface area is 85.9 Å². The van der Waals surface area contributed by atoms with Crippen LogP contribution >= 0.6 is 27.5 Å². The van der Waals surface area contributed by atoms with Crippen molar-refractivity contribution < 1.29 is 4.79 Å². The molecular formula is C9H10BrClO. The van der Waals surface area contributed by atoms with E-state index in [0.717, 1.165) is 4.47 Å². The molecule has 1 rings (SSSR count). The van der Waals surface area contributed by atoms with Gasteiger partial charge in [0.15, 0.2) is 0 Å². The molecule has 12 heavy (non-hydrogen) atoms. The molecule has 0 saturated carbocycles. The maximum absolute atomic E-state index is 10.6. The van der Waals surface area contributed by atoms with Crippen LogP contribution in [0.3, 0.4) is 0 Å². The van der Waals surface area contributed by atoms with Crippen LogP contribution in [-0.2, 0) is 0 Å². The Bertz CT molecular complexity index is 260. The lowest BCUT2D eigenvalue weighted by atomic mass is 10.2. The van der Waals surface area contributed by atoms with E-state index >= 15 is 0 Å². The zero-order valence-corrected chi connectivity index (χ0v) is 9.32. The van der Waals surface area contributed by atoms with Crippen molar-refractivity contribution in [2.75, 3.05) is 0 Å². The first-order chi connectivity index (χ1) is 5.72. The third-order valence-corrected chi connectivity index (χ3v) is 1.98. The lowest BCUT2D eigenvalue weighted by Crippen LogP contribution is -1.88. The van der Waals surface area contributed by atoms with E-state index < -0.39 is 5.24 Å². The van der Waals surface area contributed by atoms with Gasteiger partial charge in [0, 0.05) is 10.0 Å². The molecule has 66 valence electrons. The van der Waals surface area contributed by atoms with Crippen molar-refractivity contribution in [2.24, 2.45) is 0 Å². The van der Waals surface area contributed by atoms with Crippen molar-refractivity contribution in [1.29, 1.82) is 0 Å². The van der Waals surface area contributed by atoms with Crippen LogP contribution in [0.2, 0.25) is 0 Å². The molecule has 0 aliphatic heterocycles. The Kier molecular flexibility index (Phi) is 6.03. The molecule has 3 heteroatoms. The normalized spacial score (nSPS) is 8.33. The first-order valence-corrected chi connectivity index (χ1v) is 4.83. The summed E-state index contributed by atoms with van der Waals surface area (Å²) in [5.41, 5.74) is 0.504. The first-order valence-electron chi connectivity index (χ1n) is 3.66. The second-order valence-corrected chi connectivity index (χ2v) is 2.95. The van der Waals surface area contributed by atoms with Crippen LogP contribution in [0.4, 0.5) is 0 Å². The van der Waals surface area contributed by atoms with Gasteiger partial charge in [0.25, 0.3) is 5.24 Å². The van der Waals surface area contributed by atoms with E-state index in [2.05, 4.69) is 15.9 Å². The Morgan fingerprint density at radius 1 is 1.33 bits per heavy atom. The third-order valence-electron chi connectivity index (χ3n) is 1.09. The molecule has 1 aromatic rings. The molecule has 1 nitrogen and oxygen atoms in total. The molecule has 0 unspecified atom stereocenters. The van der Waals surface area contributed by atoms with Gasteiger partial charge in [-0.2, -0.15) is 0 Å². The predicted molar refractivity (Wildman–Crippen MR) is 55.7 cm³/mol. The predicted octanol–water partition coefficient (Wildman–Crippen LogP) is 3.85. The lowest BCUT2D eigenvalue weighted by molar-refractivity contribution is 0.108. The summed E-state index contributed by atoms with van der Waals surface area (Å²) in [5.74, 6) is 0. The van der Waals surface area contributed by atoms with Crippen LogP contribution in [0, 0.1) is 0 Å². The largest absolute Gasteiger partial charge is 0.276 e. The number of carbonyl (C=O) groups is 1. The van der Waals surface area contributed by atoms with Gasteiger partial charge in [0.1, 0.15) is 0 Å². The van der Waals surface area contributed by atoms with Gasteiger partial charge in [0.2, 0.25) is 0 Å². The fourth-order valence-corrected chi connectivity index (χ4v) is 1.36. The monoisotopic (exact) mass is 248 g/mol. The molecule has 0 aliphatic carbocycles. The molecule has 0 bridgehead atoms. The topological polar surface area (TPSA) is 17.1 Å². The SMILES string of the molecule is CC.O=C(Cl)c1ccccc1Br. The van der Waals surface area contributed by atoms with Crippen LogP contribution in [0.5, 0.6) is 0 Å². The van der Waals surface area contributed by atoms with Gasteiger partial charge < -0.3 is 0 Å². The van der Waals surface area contributed by atoms with E-state index in [1.54, 1.807) is 18.2 Å². The van der Waals surface area contributed by atoms with Crippen molar-refractivity contribution in [3.63, 3.8) is 0 Å². The van der Waals surface area contributed by atoms with E-state index in [1.165, 1.54) is 0 Å². The Balaban J connectivity index is 0.000000561. The van der Waals surface area contributed by atoms with Gasteiger partial charge in [-0.15, -0.1) is 0 Å². The molecule has 0 heterocycles. The standard InChI is InChI=1S/C7H4BrClO.C2H6/c8-6-4-2-1-3-5(6)7(9)10;1-2/h1-4H;1-2H3. The van der Waals surface area contributed by atoms with Crippen LogP contribution in [0.15, 0.2) is 28.7 Å². The molecule has 0 saturated heterocycles. The number of halogens is 2. The minimum atomic E-state index is -0.438. The maximum Gasteiger partial charge on any atom is 0.253 e. The highest BCUT2D eigenvalue weighted by Gasteiger charge is 2.03. The number of carbonyl (C=O) groups excluding carboxylic acids is 1. The molecular weight excluding hydrogens is 239 g/mol. The molecule has 0 aromatic heterocycles. The zero-order chi connectivity index (χ0) is 9.56. The minimum Gasteiger partial charge on any atom is -0.276 e. The first kappa shape index (κ1) is 11.7. The van der Waals surface area contributed by atoms with Gasteiger partial charge in [-0.1, -0.05) is 41.9 Å². The Morgan fingerprint density at radius 2 is 1.83 bits per heavy atom. The fraction of sp³-hybridized carbons (Fsp3) is 0.222. The highest BCUT2D eigenvalue weighted by atomic mass is 79.9. The van der Waals surface area contributed by atoms with Crippen LogP contribution in [0.25, 0.3) is 0 Å². The zero-order valence-electron chi connectivity index (χ0n) is 6.97. The molecule has 0 aliphatic rings. The summed E-state index contributed by atoms with van der Waals surface area (Å²) in [6.45, 7) is 4.00. The van der Waals surface area contributed by atoms with E-state index in [4.69, 9.17) is 11.6 Å². The van der Waals surface area contributed by atoms with E-state index in [9.17, 15) is 4.79 Å². The van der Waals surface area contributed by atoms with Crippen molar-refractivity contribution >= 4 is 32.8 Å². The molecule has 1 aromatic carbocycles. The van der Waals surface area contributed by atoms with Crippen LogP contribution in [0.1, 0.15) is 24.2 Å². The average Bonchev–Trinajstić information content (AvgIpc) is 2.08. The summed E-state index contributed by atoms with van der Waals surface area (Å²) in [6, 6.07) is 7.03. The van der Waals surface area contributed by atoms with Crippen molar-refractivity contribution in [3.05, 3.63) is 34.3 Å². The summed E-state index contributed by atoms with van der Waals surface area (Å²) in [7, 11) is 0. The lowest BCUT2D eigenvalue weighted by Gasteiger charge is -1.94. The van der Waals surface area contributed by atoms with Crippen LogP contribution < -0.4 is 0 Å². The molecule has 0 spiro atoms. The second-order valence-electron chi connectivity index (χ2n) is 1.75. The Hall–Kier alpha value is -0.340. The summed E-state index contributed by atoms with van der Waals surface area (Å²) in [6.07, 6.45) is 0. The maximum atomic E-state index is 10.6. The van der Waals surface area contributed by atoms with Crippen LogP contribution in [-0.4, -0.2) is 5.24 Å². The summed E-state index contributed by atoms with van der Waals surface area (Å²) < 4.78 is 0.731. The van der Waals surface area contributed by atoms with Gasteiger partial charge in [-0.25, -0.2) is 0 Å². The average molecular weight is 250 g/mol. The van der Waals surface area contributed by atoms with E-state index in [1.807, 2.05) is 19.9 Å². The van der Waals surface area contributed by atoms with E-state index in [0.29, 0.717) is 5.56 Å². The number of hydrogen-bond acceptors (Lipinski definition) is 1. The van der Waals surface area contributed by atoms with E-state index in [-0.39, 0.29) is 0 Å². The minimum absolute atomic E-state index is 0.438. The smallest absolute Gasteiger partial charge is 0.253 e. The highest BCUT2D eigenvalue weighted by Crippen LogP contribution is 2.17. The van der Waals surface area contributed by atoms with Gasteiger partial charge in [-0.05, 0) is 23.7 Å². The molecule has 0 radical (unpaired) electrons. The molecule has 0 amide bonds. The van der Waals surface area contributed by atoms with Gasteiger partial charge >= 0.3 is 0 Å². The van der Waals surface area contributed by atoms with Gasteiger partial charge in [0.05, 0.1) is 0 Å². The molecule has 0 N–H and O–H groups in total. The number of benzene rings is 1. The quantitative estimate of drug-likeness (QED) is 0.691. The van der Waals surface area contributed by atoms with Gasteiger partial charge in [-0.3, -0.25) is 4.79 Å². The fourth-order valence-electron chi connectivity index (χ4n) is 0.621. The third kappa shape index (κ3) is 3.37. The molecule has 0 atom stereocenters. The number of rotatable bonds is 1. The Morgan fingerprint density at radius 3 is 2.17 bits per heavy atom.